The van der Waals surface area contributed by atoms with E-state index in [1.807, 2.05) is 0 Å². The summed E-state index contributed by atoms with van der Waals surface area (Å²) in [4.78, 5) is 42.4. The number of carbonyl (C=O) groups excluding carboxylic acids is 1. The first-order valence-electron chi connectivity index (χ1n) is 10.4. The molecular weight excluding hydrogens is 422 g/mol. The van der Waals surface area contributed by atoms with Crippen molar-refractivity contribution < 1.29 is 24.6 Å². The summed E-state index contributed by atoms with van der Waals surface area (Å²) in [6.07, 6.45) is 5.26. The molecule has 31 heavy (non-hydrogen) atoms. The minimum absolute atomic E-state index is 0.141. The number of halogens is 1. The van der Waals surface area contributed by atoms with Gasteiger partial charge in [-0.1, -0.05) is 26.7 Å². The maximum atomic E-state index is 13.1. The Bertz CT molecular complexity index is 933. The number of imidazole rings is 1. The van der Waals surface area contributed by atoms with Gasteiger partial charge in [0.15, 0.2) is 0 Å². The summed E-state index contributed by atoms with van der Waals surface area (Å²) in [5.74, 6) is -2.21. The number of hydrogen-bond acceptors (Lipinski definition) is 4. The summed E-state index contributed by atoms with van der Waals surface area (Å²) in [5.41, 5.74) is 0.105. The predicted octanol–water partition coefficient (Wildman–Crippen LogP) is 4.23. The van der Waals surface area contributed by atoms with Gasteiger partial charge in [0, 0.05) is 37.3 Å². The number of hydrogen-bond donors (Lipinski definition) is 2. The number of nitrogens with zero attached hydrogens (tertiary/aromatic N) is 3. The van der Waals surface area contributed by atoms with Crippen LogP contribution in [-0.4, -0.2) is 61.5 Å². The fourth-order valence-electron chi connectivity index (χ4n) is 3.22. The second kappa shape index (κ2) is 11.5. The quantitative estimate of drug-likeness (QED) is 0.469. The monoisotopic (exact) mass is 449 g/mol. The molecule has 0 aliphatic rings. The number of carboxylic acids is 2. The summed E-state index contributed by atoms with van der Waals surface area (Å²) in [7, 11) is 0. The molecule has 0 saturated carbocycles. The number of aryl methyl sites for hydroxylation is 1. The third-order valence-corrected chi connectivity index (χ3v) is 5.08. The van der Waals surface area contributed by atoms with Crippen molar-refractivity contribution in [1.29, 1.82) is 0 Å². The fraction of sp³-hybridized carbons (Fsp3) is 0.455. The first-order chi connectivity index (χ1) is 14.8. The van der Waals surface area contributed by atoms with Gasteiger partial charge in [-0.3, -0.25) is 4.79 Å². The molecule has 1 heterocycles. The van der Waals surface area contributed by atoms with Gasteiger partial charge in [0.05, 0.1) is 11.1 Å². The van der Waals surface area contributed by atoms with Gasteiger partial charge in [0.1, 0.15) is 11.5 Å². The van der Waals surface area contributed by atoms with E-state index in [0.717, 1.165) is 31.7 Å². The topological polar surface area (TPSA) is 113 Å². The lowest BCUT2D eigenvalue weighted by Gasteiger charge is -2.21. The summed E-state index contributed by atoms with van der Waals surface area (Å²) >= 11 is 5.92. The van der Waals surface area contributed by atoms with Crippen LogP contribution in [0.1, 0.15) is 70.7 Å². The third kappa shape index (κ3) is 6.07. The van der Waals surface area contributed by atoms with Crippen molar-refractivity contribution in [2.45, 2.75) is 46.1 Å². The zero-order valence-electron chi connectivity index (χ0n) is 17.8. The molecular formula is C22H28ClN3O5. The van der Waals surface area contributed by atoms with Gasteiger partial charge in [-0.15, -0.1) is 11.6 Å². The van der Waals surface area contributed by atoms with Crippen molar-refractivity contribution in [3.8, 4) is 11.4 Å². The van der Waals surface area contributed by atoms with Crippen LogP contribution in [0.25, 0.3) is 11.4 Å². The Morgan fingerprint density at radius 2 is 1.71 bits per heavy atom. The molecule has 0 fully saturated rings. The van der Waals surface area contributed by atoms with Crippen LogP contribution in [0.15, 0.2) is 24.4 Å². The number of carbonyl (C=O) groups is 3. The molecule has 2 aromatic rings. The molecule has 1 aromatic heterocycles. The van der Waals surface area contributed by atoms with E-state index in [-0.39, 0.29) is 40.0 Å². The fourth-order valence-corrected chi connectivity index (χ4v) is 3.40. The first kappa shape index (κ1) is 24.4. The number of alkyl halides is 1. The van der Waals surface area contributed by atoms with Crippen LogP contribution in [0.5, 0.6) is 0 Å². The maximum Gasteiger partial charge on any atom is 0.336 e. The molecule has 0 bridgehead atoms. The van der Waals surface area contributed by atoms with E-state index in [1.165, 1.54) is 12.1 Å². The molecule has 168 valence electrons. The van der Waals surface area contributed by atoms with Gasteiger partial charge >= 0.3 is 11.9 Å². The van der Waals surface area contributed by atoms with Crippen LogP contribution in [0, 0.1) is 0 Å². The highest BCUT2D eigenvalue weighted by molar-refractivity contribution is 6.17. The molecule has 2 N–H and O–H groups in total. The molecule has 1 amide bonds. The van der Waals surface area contributed by atoms with Crippen LogP contribution < -0.4 is 0 Å². The summed E-state index contributed by atoms with van der Waals surface area (Å²) < 4.78 is 1.64. The molecule has 0 unspecified atom stereocenters. The van der Waals surface area contributed by atoms with Crippen molar-refractivity contribution in [2.75, 3.05) is 19.0 Å². The highest BCUT2D eigenvalue weighted by Crippen LogP contribution is 2.26. The average molecular weight is 450 g/mol. The Kier molecular flexibility index (Phi) is 9.05. The van der Waals surface area contributed by atoms with Crippen LogP contribution in [-0.2, 0) is 6.54 Å². The third-order valence-electron chi connectivity index (χ3n) is 4.91. The lowest BCUT2D eigenvalue weighted by Crippen LogP contribution is -2.33. The van der Waals surface area contributed by atoms with Crippen LogP contribution in [0.4, 0.5) is 0 Å². The zero-order chi connectivity index (χ0) is 23.0. The summed E-state index contributed by atoms with van der Waals surface area (Å²) in [6, 6.07) is 3.82. The van der Waals surface area contributed by atoms with Gasteiger partial charge in [-0.2, -0.15) is 0 Å². The van der Waals surface area contributed by atoms with Gasteiger partial charge in [-0.05, 0) is 31.0 Å². The number of aromatic carboxylic acids is 2. The maximum absolute atomic E-state index is 13.1. The van der Waals surface area contributed by atoms with Gasteiger partial charge < -0.3 is 19.7 Å². The second-order valence-electron chi connectivity index (χ2n) is 7.20. The normalized spacial score (nSPS) is 10.8. The highest BCUT2D eigenvalue weighted by Gasteiger charge is 2.24. The van der Waals surface area contributed by atoms with Crippen molar-refractivity contribution in [2.24, 2.45) is 0 Å². The molecule has 8 nitrogen and oxygen atoms in total. The minimum Gasteiger partial charge on any atom is -0.478 e. The van der Waals surface area contributed by atoms with Gasteiger partial charge in [0.2, 0.25) is 0 Å². The Morgan fingerprint density at radius 3 is 2.23 bits per heavy atom. The molecule has 1 aromatic carbocycles. The van der Waals surface area contributed by atoms with Gasteiger partial charge in [0.25, 0.3) is 5.91 Å². The van der Waals surface area contributed by atoms with Crippen molar-refractivity contribution in [3.05, 3.63) is 41.2 Å². The largest absolute Gasteiger partial charge is 0.478 e. The van der Waals surface area contributed by atoms with E-state index in [9.17, 15) is 24.6 Å². The Morgan fingerprint density at radius 1 is 1.06 bits per heavy atom. The Labute approximate surface area is 186 Å². The Hall–Kier alpha value is -2.87. The minimum atomic E-state index is -1.28. The molecule has 9 heteroatoms. The number of amides is 1. The summed E-state index contributed by atoms with van der Waals surface area (Å²) in [5, 5.41) is 18.8. The van der Waals surface area contributed by atoms with E-state index in [0.29, 0.717) is 19.6 Å². The molecule has 0 spiro atoms. The molecule has 0 aliphatic heterocycles. The van der Waals surface area contributed by atoms with Crippen LogP contribution in [0.3, 0.4) is 0 Å². The molecule has 0 saturated heterocycles. The van der Waals surface area contributed by atoms with E-state index in [1.54, 1.807) is 15.7 Å². The van der Waals surface area contributed by atoms with Gasteiger partial charge in [-0.25, -0.2) is 14.6 Å². The summed E-state index contributed by atoms with van der Waals surface area (Å²) in [6.45, 7) is 5.69. The standard InChI is InChI=1S/C22H28ClN3O5/c1-3-5-10-25(11-6-4-2)20(27)18-14-26(12-9-23)19(24-18)16-8-7-15(21(28)29)13-17(16)22(30)31/h7-8,13-14H,3-6,9-12H2,1-2H3,(H,28,29)(H,30,31). The van der Waals surface area contributed by atoms with Crippen molar-refractivity contribution in [1.82, 2.24) is 14.5 Å². The number of benzene rings is 1. The van der Waals surface area contributed by atoms with Crippen molar-refractivity contribution >= 4 is 29.4 Å². The highest BCUT2D eigenvalue weighted by atomic mass is 35.5. The average Bonchev–Trinajstić information content (AvgIpc) is 3.17. The van der Waals surface area contributed by atoms with Crippen LogP contribution in [0.2, 0.25) is 0 Å². The van der Waals surface area contributed by atoms with Crippen molar-refractivity contribution in [3.63, 3.8) is 0 Å². The van der Waals surface area contributed by atoms with E-state index in [4.69, 9.17) is 11.6 Å². The van der Waals surface area contributed by atoms with E-state index in [2.05, 4.69) is 18.8 Å². The second-order valence-corrected chi connectivity index (χ2v) is 7.58. The first-order valence-corrected chi connectivity index (χ1v) is 10.9. The number of aromatic nitrogens is 2. The van der Waals surface area contributed by atoms with E-state index >= 15 is 0 Å². The number of unbranched alkanes of at least 4 members (excludes halogenated alkanes) is 2. The van der Waals surface area contributed by atoms with E-state index < -0.39 is 11.9 Å². The molecule has 0 radical (unpaired) electrons. The predicted molar refractivity (Wildman–Crippen MR) is 118 cm³/mol. The lowest BCUT2D eigenvalue weighted by atomic mass is 10.0. The SMILES string of the molecule is CCCCN(CCCC)C(=O)c1cn(CCCl)c(-c2ccc(C(=O)O)cc2C(=O)O)n1. The molecule has 0 aliphatic carbocycles. The zero-order valence-corrected chi connectivity index (χ0v) is 18.6. The smallest absolute Gasteiger partial charge is 0.336 e. The number of rotatable bonds is 12. The lowest BCUT2D eigenvalue weighted by molar-refractivity contribution is 0.0695. The Balaban J connectivity index is 2.52. The molecule has 0 atom stereocenters. The molecule has 2 rings (SSSR count). The number of carboxylic acid groups (broad SMARTS) is 2. The van der Waals surface area contributed by atoms with Crippen LogP contribution >= 0.6 is 11.6 Å².